The molecule has 0 amide bonds. The van der Waals surface area contributed by atoms with E-state index in [-0.39, 0.29) is 33.8 Å². The summed E-state index contributed by atoms with van der Waals surface area (Å²) in [7, 11) is 0. The van der Waals surface area contributed by atoms with Gasteiger partial charge in [-0.3, -0.25) is 10.2 Å². The quantitative estimate of drug-likeness (QED) is 0.214. The molecule has 0 fully saturated rings. The molecule has 0 atom stereocenters. The first-order valence-electron chi connectivity index (χ1n) is 9.27. The van der Waals surface area contributed by atoms with Crippen LogP contribution < -0.4 is 5.73 Å². The molecule has 1 aromatic heterocycles. The Balaban J connectivity index is 1.97. The number of nitrogen functional groups attached to an aromatic ring is 1. The number of phenols is 2. The molecule has 0 saturated carbocycles. The summed E-state index contributed by atoms with van der Waals surface area (Å²) in [5.74, 6) is -2.57. The first-order chi connectivity index (χ1) is 14.7. The number of aromatic hydroxyl groups is 2. The van der Waals surface area contributed by atoms with Crippen LogP contribution in [0.5, 0.6) is 11.5 Å². The molecule has 0 bridgehead atoms. The Morgan fingerprint density at radius 2 is 1.84 bits per heavy atom. The van der Waals surface area contributed by atoms with E-state index in [1.807, 2.05) is 0 Å². The van der Waals surface area contributed by atoms with Gasteiger partial charge in [0.1, 0.15) is 23.2 Å². The molecule has 0 aliphatic rings. The molecule has 1 heterocycles. The molecule has 0 spiro atoms. The van der Waals surface area contributed by atoms with Gasteiger partial charge in [-0.15, -0.1) is 0 Å². The molecule has 4 rings (SSSR count). The van der Waals surface area contributed by atoms with Gasteiger partial charge in [0.25, 0.3) is 0 Å². The molecule has 4 aromatic rings. The van der Waals surface area contributed by atoms with Gasteiger partial charge in [0.05, 0.1) is 17.7 Å². The molecule has 3 aromatic carbocycles. The van der Waals surface area contributed by atoms with Crippen LogP contribution in [0.3, 0.4) is 0 Å². The lowest BCUT2D eigenvalue weighted by molar-refractivity contribution is -0.136. The number of nitrogens with two attached hydrogens (primary N) is 1. The highest BCUT2D eigenvalue weighted by Crippen LogP contribution is 2.46. The number of carbonyl (C=O) groups is 1. The van der Waals surface area contributed by atoms with Crippen LogP contribution in [0.25, 0.3) is 33.3 Å². The van der Waals surface area contributed by atoms with Gasteiger partial charge < -0.3 is 26.0 Å². The molecule has 7 nitrogen and oxygen atoms in total. The average molecular weight is 419 g/mol. The molecule has 0 unspecified atom stereocenters. The molecule has 8 heteroatoms. The van der Waals surface area contributed by atoms with E-state index in [9.17, 15) is 24.5 Å². The molecule has 0 aliphatic carbocycles. The molecular formula is C23H18FN3O4. The number of rotatable bonds is 5. The number of benzene rings is 3. The van der Waals surface area contributed by atoms with E-state index in [1.54, 1.807) is 24.3 Å². The highest BCUT2D eigenvalue weighted by molar-refractivity contribution is 6.00. The lowest BCUT2D eigenvalue weighted by Crippen LogP contribution is -2.10. The predicted octanol–water partition coefficient (Wildman–Crippen LogP) is 3.96. The van der Waals surface area contributed by atoms with Crippen molar-refractivity contribution >= 4 is 22.7 Å². The summed E-state index contributed by atoms with van der Waals surface area (Å²) in [4.78, 5) is 14.5. The lowest BCUT2D eigenvalue weighted by atomic mass is 9.94. The van der Waals surface area contributed by atoms with E-state index in [0.717, 1.165) is 11.5 Å². The molecule has 31 heavy (non-hydrogen) atoms. The van der Waals surface area contributed by atoms with Crippen LogP contribution >= 0.6 is 0 Å². The van der Waals surface area contributed by atoms with Gasteiger partial charge in [-0.1, -0.05) is 12.1 Å². The Kier molecular flexibility index (Phi) is 4.82. The van der Waals surface area contributed by atoms with Crippen molar-refractivity contribution in [1.29, 1.82) is 5.41 Å². The number of phenolic OH excluding ortho intramolecular Hbond substituents is 2. The molecule has 156 valence electrons. The van der Waals surface area contributed by atoms with Crippen molar-refractivity contribution in [3.63, 3.8) is 0 Å². The Morgan fingerprint density at radius 1 is 1.06 bits per heavy atom. The summed E-state index contributed by atoms with van der Waals surface area (Å²) in [5, 5.41) is 39.2. The standard InChI is InChI=1S/C23H18FN3O4/c24-15-3-1-2-11(7-15)20-21(30)14(10-19(28)29)8-16(22(20)31)18-9-13-6-12(23(25)26)4-5-17(13)27-18/h1-9,27,30-31H,10H2,(H3,25,26)(H,28,29). The number of aliphatic carboxylic acids is 1. The first-order valence-corrected chi connectivity index (χ1v) is 9.27. The number of nitrogens with one attached hydrogen (secondary N) is 2. The van der Waals surface area contributed by atoms with Crippen LogP contribution in [0.1, 0.15) is 11.1 Å². The van der Waals surface area contributed by atoms with Gasteiger partial charge in [0.15, 0.2) is 0 Å². The summed E-state index contributed by atoms with van der Waals surface area (Å²) in [6, 6.07) is 13.5. The second kappa shape index (κ2) is 7.49. The van der Waals surface area contributed by atoms with Crippen LogP contribution in [-0.4, -0.2) is 32.1 Å². The number of amidine groups is 1. The van der Waals surface area contributed by atoms with Crippen LogP contribution in [0.4, 0.5) is 4.39 Å². The number of H-pyrrole nitrogens is 1. The SMILES string of the molecule is N=C(N)c1ccc2[nH]c(-c3cc(CC(=O)O)c(O)c(-c4cccc(F)c4)c3O)cc2c1. The van der Waals surface area contributed by atoms with Crippen molar-refractivity contribution in [3.05, 3.63) is 71.5 Å². The third-order valence-electron chi connectivity index (χ3n) is 5.03. The molecule has 0 saturated heterocycles. The molecular weight excluding hydrogens is 401 g/mol. The van der Waals surface area contributed by atoms with E-state index in [0.29, 0.717) is 16.8 Å². The topological polar surface area (TPSA) is 143 Å². The second-order valence-corrected chi connectivity index (χ2v) is 7.14. The number of hydrogen-bond donors (Lipinski definition) is 6. The normalized spacial score (nSPS) is 11.0. The van der Waals surface area contributed by atoms with Gasteiger partial charge in [-0.2, -0.15) is 0 Å². The fourth-order valence-corrected chi connectivity index (χ4v) is 3.58. The van der Waals surface area contributed by atoms with Crippen molar-refractivity contribution in [1.82, 2.24) is 4.98 Å². The van der Waals surface area contributed by atoms with Gasteiger partial charge in [-0.05, 0) is 48.0 Å². The van der Waals surface area contributed by atoms with Gasteiger partial charge in [0, 0.05) is 27.6 Å². The van der Waals surface area contributed by atoms with E-state index < -0.39 is 24.0 Å². The van der Waals surface area contributed by atoms with Crippen LogP contribution in [0, 0.1) is 11.2 Å². The first kappa shape index (κ1) is 20.0. The molecule has 0 aliphatic heterocycles. The van der Waals surface area contributed by atoms with Crippen LogP contribution in [-0.2, 0) is 11.2 Å². The zero-order chi connectivity index (χ0) is 22.3. The van der Waals surface area contributed by atoms with Crippen molar-refractivity contribution in [2.75, 3.05) is 0 Å². The maximum atomic E-state index is 13.8. The van der Waals surface area contributed by atoms with Crippen molar-refractivity contribution in [2.45, 2.75) is 6.42 Å². The van der Waals surface area contributed by atoms with E-state index in [4.69, 9.17) is 11.1 Å². The van der Waals surface area contributed by atoms with Crippen LogP contribution in [0.2, 0.25) is 0 Å². The fraction of sp³-hybridized carbons (Fsp3) is 0.0435. The minimum Gasteiger partial charge on any atom is -0.507 e. The van der Waals surface area contributed by atoms with Crippen molar-refractivity contribution < 1.29 is 24.5 Å². The van der Waals surface area contributed by atoms with E-state index in [1.165, 1.54) is 24.3 Å². The smallest absolute Gasteiger partial charge is 0.307 e. The summed E-state index contributed by atoms with van der Waals surface area (Å²) in [6.45, 7) is 0. The minimum atomic E-state index is -1.17. The minimum absolute atomic E-state index is 0.0590. The molecule has 0 radical (unpaired) electrons. The predicted molar refractivity (Wildman–Crippen MR) is 115 cm³/mol. The Bertz CT molecular complexity index is 1360. The fourth-order valence-electron chi connectivity index (χ4n) is 3.58. The zero-order valence-corrected chi connectivity index (χ0v) is 16.1. The third kappa shape index (κ3) is 3.66. The van der Waals surface area contributed by atoms with E-state index in [2.05, 4.69) is 4.98 Å². The van der Waals surface area contributed by atoms with Gasteiger partial charge >= 0.3 is 5.97 Å². The number of carboxylic acids is 1. The summed E-state index contributed by atoms with van der Waals surface area (Å²) in [5.41, 5.74) is 7.70. The summed E-state index contributed by atoms with van der Waals surface area (Å²) >= 11 is 0. The van der Waals surface area contributed by atoms with Gasteiger partial charge in [-0.25, -0.2) is 4.39 Å². The Morgan fingerprint density at radius 3 is 2.52 bits per heavy atom. The van der Waals surface area contributed by atoms with Crippen LogP contribution in [0.15, 0.2) is 54.6 Å². The number of aromatic nitrogens is 1. The van der Waals surface area contributed by atoms with Crippen molar-refractivity contribution in [2.24, 2.45) is 5.73 Å². The number of aromatic amines is 1. The maximum Gasteiger partial charge on any atom is 0.307 e. The number of carboxylic acid groups (broad SMARTS) is 1. The second-order valence-electron chi connectivity index (χ2n) is 7.14. The monoisotopic (exact) mass is 419 g/mol. The lowest BCUT2D eigenvalue weighted by Gasteiger charge is -2.15. The number of hydrogen-bond acceptors (Lipinski definition) is 4. The van der Waals surface area contributed by atoms with Gasteiger partial charge in [0.2, 0.25) is 0 Å². The largest absolute Gasteiger partial charge is 0.507 e. The number of fused-ring (bicyclic) bond motifs is 1. The Hall–Kier alpha value is -4.33. The summed E-state index contributed by atoms with van der Waals surface area (Å²) in [6.07, 6.45) is -0.490. The van der Waals surface area contributed by atoms with Crippen molar-refractivity contribution in [3.8, 4) is 33.9 Å². The highest BCUT2D eigenvalue weighted by atomic mass is 19.1. The Labute approximate surface area is 175 Å². The molecule has 7 N–H and O–H groups in total. The highest BCUT2D eigenvalue weighted by Gasteiger charge is 2.22. The maximum absolute atomic E-state index is 13.8. The van der Waals surface area contributed by atoms with E-state index >= 15 is 0 Å². The third-order valence-corrected chi connectivity index (χ3v) is 5.03. The number of halogens is 1. The zero-order valence-electron chi connectivity index (χ0n) is 16.1. The summed E-state index contributed by atoms with van der Waals surface area (Å²) < 4.78 is 13.8. The average Bonchev–Trinajstić information content (AvgIpc) is 3.13.